The molecule has 0 aliphatic heterocycles. The zero-order valence-corrected chi connectivity index (χ0v) is 9.13. The molecule has 0 saturated carbocycles. The molecule has 15 heavy (non-hydrogen) atoms. The summed E-state index contributed by atoms with van der Waals surface area (Å²) in [6.07, 6.45) is -4.96. The first-order chi connectivity index (χ1) is 6.83. The highest BCUT2D eigenvalue weighted by Gasteiger charge is 2.33. The van der Waals surface area contributed by atoms with Gasteiger partial charge < -0.3 is 9.84 Å². The molecule has 0 bridgehead atoms. The molecule has 84 valence electrons. The van der Waals surface area contributed by atoms with E-state index in [9.17, 15) is 17.6 Å². The molecule has 0 atom stereocenters. The second kappa shape index (κ2) is 4.47. The van der Waals surface area contributed by atoms with Crippen LogP contribution in [0.15, 0.2) is 6.07 Å². The highest BCUT2D eigenvalue weighted by molar-refractivity contribution is 14.1. The van der Waals surface area contributed by atoms with Crippen LogP contribution in [-0.4, -0.2) is 16.5 Å². The van der Waals surface area contributed by atoms with E-state index in [1.54, 1.807) is 0 Å². The molecule has 0 radical (unpaired) electrons. The Labute approximate surface area is 95.2 Å². The summed E-state index contributed by atoms with van der Waals surface area (Å²) < 4.78 is 52.1. The molecular weight excluding hydrogens is 333 g/mol. The van der Waals surface area contributed by atoms with Gasteiger partial charge >= 0.3 is 6.36 Å². The van der Waals surface area contributed by atoms with Gasteiger partial charge in [-0.15, -0.1) is 13.2 Å². The smallest absolute Gasteiger partial charge is 0.391 e. The average Bonchev–Trinajstić information content (AvgIpc) is 1.99. The summed E-state index contributed by atoms with van der Waals surface area (Å²) in [6.45, 7) is -0.916. The van der Waals surface area contributed by atoms with Gasteiger partial charge in [0, 0.05) is 6.07 Å². The summed E-state index contributed by atoms with van der Waals surface area (Å²) in [6, 6.07) is 0.898. The van der Waals surface area contributed by atoms with Crippen LogP contribution in [0.1, 0.15) is 5.56 Å². The van der Waals surface area contributed by atoms with Crippen molar-refractivity contribution < 1.29 is 27.4 Å². The second-order valence-corrected chi connectivity index (χ2v) is 3.52. The van der Waals surface area contributed by atoms with Crippen molar-refractivity contribution in [3.8, 4) is 5.88 Å². The molecule has 1 aromatic rings. The Morgan fingerprint density at radius 2 is 2.07 bits per heavy atom. The topological polar surface area (TPSA) is 42.4 Å². The van der Waals surface area contributed by atoms with Crippen LogP contribution >= 0.6 is 22.6 Å². The molecule has 1 N–H and O–H groups in total. The van der Waals surface area contributed by atoms with E-state index in [0.717, 1.165) is 6.07 Å². The minimum atomic E-state index is -4.96. The lowest BCUT2D eigenvalue weighted by Gasteiger charge is -2.11. The Balaban J connectivity index is 3.15. The first kappa shape index (κ1) is 12.4. The third-order valence-electron chi connectivity index (χ3n) is 1.37. The predicted molar refractivity (Wildman–Crippen MR) is 49.5 cm³/mol. The summed E-state index contributed by atoms with van der Waals surface area (Å²) in [5, 5.41) is 8.66. The number of alkyl halides is 3. The Morgan fingerprint density at radius 3 is 2.53 bits per heavy atom. The van der Waals surface area contributed by atoms with E-state index in [-0.39, 0.29) is 3.70 Å². The average molecular weight is 337 g/mol. The van der Waals surface area contributed by atoms with Crippen molar-refractivity contribution in [1.29, 1.82) is 0 Å². The van der Waals surface area contributed by atoms with Gasteiger partial charge in [-0.25, -0.2) is 9.37 Å². The molecule has 3 nitrogen and oxygen atoms in total. The number of hydrogen-bond acceptors (Lipinski definition) is 3. The zero-order chi connectivity index (χ0) is 11.6. The zero-order valence-electron chi connectivity index (χ0n) is 6.98. The summed E-state index contributed by atoms with van der Waals surface area (Å²) in [4.78, 5) is 3.33. The third kappa shape index (κ3) is 3.45. The minimum absolute atomic E-state index is 0.00144. The van der Waals surface area contributed by atoms with E-state index < -0.39 is 30.2 Å². The van der Waals surface area contributed by atoms with Crippen LogP contribution in [0.5, 0.6) is 5.88 Å². The fourth-order valence-electron chi connectivity index (χ4n) is 0.828. The van der Waals surface area contributed by atoms with Crippen LogP contribution in [0.4, 0.5) is 17.6 Å². The first-order valence-electron chi connectivity index (χ1n) is 3.55. The number of halogens is 5. The highest BCUT2D eigenvalue weighted by atomic mass is 127. The van der Waals surface area contributed by atoms with Gasteiger partial charge in [-0.2, -0.15) is 0 Å². The van der Waals surface area contributed by atoms with E-state index in [2.05, 4.69) is 9.72 Å². The minimum Gasteiger partial charge on any atom is -0.391 e. The SMILES string of the molecule is OCc1c(F)cc(I)nc1OC(F)(F)F. The van der Waals surface area contributed by atoms with E-state index >= 15 is 0 Å². The maximum absolute atomic E-state index is 13.0. The van der Waals surface area contributed by atoms with Crippen LogP contribution in [0.3, 0.4) is 0 Å². The van der Waals surface area contributed by atoms with Gasteiger partial charge in [-0.05, 0) is 22.6 Å². The summed E-state index contributed by atoms with van der Waals surface area (Å²) in [5.74, 6) is -1.95. The number of aromatic nitrogens is 1. The van der Waals surface area contributed by atoms with Crippen LogP contribution in [0, 0.1) is 9.52 Å². The number of nitrogens with zero attached hydrogens (tertiary/aromatic N) is 1. The van der Waals surface area contributed by atoms with Crippen molar-refractivity contribution in [2.45, 2.75) is 13.0 Å². The van der Waals surface area contributed by atoms with Gasteiger partial charge in [0.2, 0.25) is 5.88 Å². The normalized spacial score (nSPS) is 11.6. The fourth-order valence-corrected chi connectivity index (χ4v) is 1.32. The Hall–Kier alpha value is -0.640. The Bertz CT molecular complexity index is 369. The lowest BCUT2D eigenvalue weighted by Crippen LogP contribution is -2.19. The summed E-state index contributed by atoms with van der Waals surface area (Å²) >= 11 is 1.54. The molecule has 0 amide bonds. The van der Waals surface area contributed by atoms with Gasteiger partial charge in [0.25, 0.3) is 0 Å². The second-order valence-electron chi connectivity index (χ2n) is 2.42. The highest BCUT2D eigenvalue weighted by Crippen LogP contribution is 2.27. The lowest BCUT2D eigenvalue weighted by molar-refractivity contribution is -0.276. The Kier molecular flexibility index (Phi) is 3.71. The molecular formula is C7H4F4INO2. The van der Waals surface area contributed by atoms with Crippen molar-refractivity contribution in [3.05, 3.63) is 21.1 Å². The van der Waals surface area contributed by atoms with Crippen LogP contribution in [-0.2, 0) is 6.61 Å². The number of hydrogen-bond donors (Lipinski definition) is 1. The standard InChI is InChI=1S/C7H4F4INO2/c8-4-1-5(12)13-6(3(4)2-14)15-7(9,10)11/h1,14H,2H2. The monoisotopic (exact) mass is 337 g/mol. The third-order valence-corrected chi connectivity index (χ3v) is 1.92. The molecule has 0 fully saturated rings. The number of aliphatic hydroxyl groups is 1. The lowest BCUT2D eigenvalue weighted by atomic mass is 10.3. The van der Waals surface area contributed by atoms with Crippen LogP contribution < -0.4 is 4.74 Å². The number of ether oxygens (including phenoxy) is 1. The molecule has 0 spiro atoms. The maximum Gasteiger partial charge on any atom is 0.574 e. The van der Waals surface area contributed by atoms with E-state index in [1.807, 2.05) is 0 Å². The van der Waals surface area contributed by atoms with Crippen molar-refractivity contribution in [2.75, 3.05) is 0 Å². The van der Waals surface area contributed by atoms with Crippen LogP contribution in [0.25, 0.3) is 0 Å². The van der Waals surface area contributed by atoms with E-state index in [4.69, 9.17) is 5.11 Å². The van der Waals surface area contributed by atoms with Gasteiger partial charge in [-0.3, -0.25) is 0 Å². The van der Waals surface area contributed by atoms with Crippen molar-refractivity contribution in [3.63, 3.8) is 0 Å². The fraction of sp³-hybridized carbons (Fsp3) is 0.286. The number of rotatable bonds is 2. The van der Waals surface area contributed by atoms with Gasteiger partial charge in [0.05, 0.1) is 12.2 Å². The predicted octanol–water partition coefficient (Wildman–Crippen LogP) is 2.22. The maximum atomic E-state index is 13.0. The van der Waals surface area contributed by atoms with Crippen LogP contribution in [0.2, 0.25) is 0 Å². The van der Waals surface area contributed by atoms with Gasteiger partial charge in [0.15, 0.2) is 0 Å². The first-order valence-corrected chi connectivity index (χ1v) is 4.63. The molecule has 1 heterocycles. The molecule has 0 aliphatic rings. The number of aliphatic hydroxyl groups excluding tert-OH is 1. The Morgan fingerprint density at radius 1 is 1.47 bits per heavy atom. The molecule has 8 heteroatoms. The number of pyridine rings is 1. The summed E-state index contributed by atoms with van der Waals surface area (Å²) in [5.41, 5.74) is -0.618. The van der Waals surface area contributed by atoms with E-state index in [1.165, 1.54) is 22.6 Å². The van der Waals surface area contributed by atoms with Crippen molar-refractivity contribution in [1.82, 2.24) is 4.98 Å². The molecule has 0 aliphatic carbocycles. The van der Waals surface area contributed by atoms with E-state index in [0.29, 0.717) is 0 Å². The molecule has 0 aromatic carbocycles. The molecule has 0 unspecified atom stereocenters. The summed E-state index contributed by atoms with van der Waals surface area (Å²) in [7, 11) is 0. The van der Waals surface area contributed by atoms with Crippen molar-refractivity contribution >= 4 is 22.6 Å². The molecule has 0 saturated heterocycles. The van der Waals surface area contributed by atoms with Crippen molar-refractivity contribution in [2.24, 2.45) is 0 Å². The van der Waals surface area contributed by atoms with Gasteiger partial charge in [0.1, 0.15) is 9.52 Å². The quantitative estimate of drug-likeness (QED) is 0.511. The molecule has 1 rings (SSSR count). The largest absolute Gasteiger partial charge is 0.574 e. The molecule has 1 aromatic heterocycles. The van der Waals surface area contributed by atoms with Gasteiger partial charge in [-0.1, -0.05) is 0 Å².